The summed E-state index contributed by atoms with van der Waals surface area (Å²) in [5.74, 6) is -0.327. The molecule has 1 aromatic carbocycles. The summed E-state index contributed by atoms with van der Waals surface area (Å²) in [5.41, 5.74) is 2.28. The number of nitrogens with one attached hydrogen (secondary N) is 1. The second kappa shape index (κ2) is 4.34. The Labute approximate surface area is 109 Å². The Bertz CT molecular complexity index is 593. The molecule has 2 N–H and O–H groups in total. The number of non-ortho nitro benzene ring substituents is 1. The Morgan fingerprint density at radius 2 is 2.16 bits per heavy atom. The maximum Gasteiger partial charge on any atom is 0.270 e. The minimum Gasteiger partial charge on any atom is -0.507 e. The molecule has 7 nitrogen and oxygen atoms in total. The molecule has 100 valence electrons. The molecule has 0 fully saturated rings. The number of phenolic OH excluding ortho intramolecular Hbond substituents is 1. The maximum absolute atomic E-state index is 11.3. The van der Waals surface area contributed by atoms with Gasteiger partial charge in [0, 0.05) is 29.5 Å². The van der Waals surface area contributed by atoms with E-state index in [-0.39, 0.29) is 29.3 Å². The Kier molecular flexibility index (Phi) is 2.97. The van der Waals surface area contributed by atoms with Crippen LogP contribution < -0.4 is 5.43 Å². The van der Waals surface area contributed by atoms with Crippen LogP contribution in [0.4, 0.5) is 5.69 Å². The highest BCUT2D eigenvalue weighted by Gasteiger charge is 2.34. The third kappa shape index (κ3) is 2.40. The van der Waals surface area contributed by atoms with Gasteiger partial charge in [0.1, 0.15) is 5.75 Å². The number of phenols is 1. The summed E-state index contributed by atoms with van der Waals surface area (Å²) in [6.45, 7) is 3.59. The van der Waals surface area contributed by atoms with Crippen LogP contribution in [0.15, 0.2) is 23.3 Å². The summed E-state index contributed by atoms with van der Waals surface area (Å²) in [4.78, 5) is 21.6. The van der Waals surface area contributed by atoms with Crippen LogP contribution >= 0.6 is 0 Å². The van der Waals surface area contributed by atoms with Crippen molar-refractivity contribution < 1.29 is 14.8 Å². The lowest BCUT2D eigenvalue weighted by Gasteiger charge is -2.29. The summed E-state index contributed by atoms with van der Waals surface area (Å²) in [6, 6.07) is 3.73. The lowest BCUT2D eigenvalue weighted by atomic mass is 9.79. The molecule has 0 unspecified atom stereocenters. The number of nitro groups is 1. The van der Waals surface area contributed by atoms with Gasteiger partial charge in [-0.1, -0.05) is 13.8 Å². The molecule has 0 atom stereocenters. The SMILES string of the molecule is CC1(C)CC(=O)NN=C1c1cc([N+](=O)[O-])ccc1O. The number of hydrazone groups is 1. The summed E-state index contributed by atoms with van der Waals surface area (Å²) < 4.78 is 0. The molecular formula is C12H13N3O4. The Balaban J connectivity index is 2.55. The van der Waals surface area contributed by atoms with Crippen LogP contribution in [0.2, 0.25) is 0 Å². The number of nitro benzene ring substituents is 1. The zero-order valence-electron chi connectivity index (χ0n) is 10.5. The van der Waals surface area contributed by atoms with Crippen molar-refractivity contribution in [3.8, 4) is 5.75 Å². The zero-order valence-corrected chi connectivity index (χ0v) is 10.5. The Morgan fingerprint density at radius 3 is 2.74 bits per heavy atom. The molecule has 0 aliphatic carbocycles. The second-order valence-corrected chi connectivity index (χ2v) is 5.01. The van der Waals surface area contributed by atoms with E-state index in [2.05, 4.69) is 10.5 Å². The minimum atomic E-state index is -0.602. The van der Waals surface area contributed by atoms with Crippen molar-refractivity contribution in [2.45, 2.75) is 20.3 Å². The fourth-order valence-corrected chi connectivity index (χ4v) is 2.05. The molecule has 0 saturated heterocycles. The smallest absolute Gasteiger partial charge is 0.270 e. The number of aromatic hydroxyl groups is 1. The van der Waals surface area contributed by atoms with E-state index in [1.54, 1.807) is 13.8 Å². The van der Waals surface area contributed by atoms with E-state index >= 15 is 0 Å². The fraction of sp³-hybridized carbons (Fsp3) is 0.333. The van der Waals surface area contributed by atoms with E-state index in [4.69, 9.17) is 0 Å². The van der Waals surface area contributed by atoms with Crippen LogP contribution in [-0.2, 0) is 4.79 Å². The van der Waals surface area contributed by atoms with Crippen molar-refractivity contribution in [1.29, 1.82) is 0 Å². The summed E-state index contributed by atoms with van der Waals surface area (Å²) in [5, 5.41) is 24.6. The third-order valence-corrected chi connectivity index (χ3v) is 2.98. The number of hydrogen-bond donors (Lipinski definition) is 2. The first-order valence-electron chi connectivity index (χ1n) is 5.66. The van der Waals surface area contributed by atoms with Crippen molar-refractivity contribution in [2.24, 2.45) is 10.5 Å². The largest absolute Gasteiger partial charge is 0.507 e. The molecule has 0 bridgehead atoms. The molecule has 0 aromatic heterocycles. The van der Waals surface area contributed by atoms with Crippen LogP contribution in [0.5, 0.6) is 5.75 Å². The number of carbonyl (C=O) groups is 1. The van der Waals surface area contributed by atoms with Gasteiger partial charge in [-0.3, -0.25) is 14.9 Å². The summed E-state index contributed by atoms with van der Waals surface area (Å²) in [7, 11) is 0. The Morgan fingerprint density at radius 1 is 1.47 bits per heavy atom. The van der Waals surface area contributed by atoms with Crippen LogP contribution in [0.1, 0.15) is 25.8 Å². The predicted molar refractivity (Wildman–Crippen MR) is 67.8 cm³/mol. The van der Waals surface area contributed by atoms with Crippen LogP contribution in [-0.4, -0.2) is 21.6 Å². The molecule has 1 aliphatic heterocycles. The van der Waals surface area contributed by atoms with Gasteiger partial charge in [-0.2, -0.15) is 5.10 Å². The van der Waals surface area contributed by atoms with Crippen LogP contribution in [0, 0.1) is 15.5 Å². The molecule has 0 radical (unpaired) electrons. The highest BCUT2D eigenvalue weighted by molar-refractivity contribution is 6.09. The van der Waals surface area contributed by atoms with E-state index in [1.807, 2.05) is 0 Å². The minimum absolute atomic E-state index is 0.103. The molecule has 1 heterocycles. The van der Waals surface area contributed by atoms with E-state index in [0.717, 1.165) is 0 Å². The maximum atomic E-state index is 11.3. The average Bonchev–Trinajstić information content (AvgIpc) is 2.29. The first-order chi connectivity index (χ1) is 8.81. The molecule has 0 saturated carbocycles. The molecule has 1 aromatic rings. The van der Waals surface area contributed by atoms with Gasteiger partial charge in [0.15, 0.2) is 0 Å². The molecular weight excluding hydrogens is 250 g/mol. The molecule has 19 heavy (non-hydrogen) atoms. The summed E-state index contributed by atoms with van der Waals surface area (Å²) >= 11 is 0. The standard InChI is InChI=1S/C12H13N3O4/c1-12(2)6-10(17)13-14-11(12)8-5-7(15(18)19)3-4-9(8)16/h3-5,16H,6H2,1-2H3,(H,13,17). The van der Waals surface area contributed by atoms with Gasteiger partial charge >= 0.3 is 0 Å². The topological polar surface area (TPSA) is 105 Å². The van der Waals surface area contributed by atoms with Gasteiger partial charge in [-0.25, -0.2) is 5.43 Å². The lowest BCUT2D eigenvalue weighted by Crippen LogP contribution is -2.39. The van der Waals surface area contributed by atoms with E-state index in [1.165, 1.54) is 18.2 Å². The van der Waals surface area contributed by atoms with Crippen molar-refractivity contribution in [3.63, 3.8) is 0 Å². The number of amides is 1. The molecule has 1 amide bonds. The molecule has 1 aliphatic rings. The van der Waals surface area contributed by atoms with Crippen molar-refractivity contribution in [2.75, 3.05) is 0 Å². The Hall–Kier alpha value is -2.44. The first kappa shape index (κ1) is 13.0. The van der Waals surface area contributed by atoms with Crippen LogP contribution in [0.3, 0.4) is 0 Å². The number of rotatable bonds is 2. The number of nitrogens with zero attached hydrogens (tertiary/aromatic N) is 2. The second-order valence-electron chi connectivity index (χ2n) is 5.01. The van der Waals surface area contributed by atoms with E-state index in [9.17, 15) is 20.0 Å². The van der Waals surface area contributed by atoms with Gasteiger partial charge in [0.25, 0.3) is 5.69 Å². The predicted octanol–water partition coefficient (Wildman–Crippen LogP) is 1.55. The van der Waals surface area contributed by atoms with Crippen molar-refractivity contribution >= 4 is 17.3 Å². The van der Waals surface area contributed by atoms with Crippen molar-refractivity contribution in [1.82, 2.24) is 5.43 Å². The van der Waals surface area contributed by atoms with Gasteiger partial charge < -0.3 is 5.11 Å². The first-order valence-corrected chi connectivity index (χ1v) is 5.66. The van der Waals surface area contributed by atoms with E-state index < -0.39 is 10.3 Å². The third-order valence-electron chi connectivity index (χ3n) is 2.98. The van der Waals surface area contributed by atoms with Gasteiger partial charge in [-0.15, -0.1) is 0 Å². The molecule has 0 spiro atoms. The molecule has 2 rings (SSSR count). The lowest BCUT2D eigenvalue weighted by molar-refractivity contribution is -0.384. The van der Waals surface area contributed by atoms with Crippen molar-refractivity contribution in [3.05, 3.63) is 33.9 Å². The van der Waals surface area contributed by atoms with Crippen LogP contribution in [0.25, 0.3) is 0 Å². The average molecular weight is 263 g/mol. The quantitative estimate of drug-likeness (QED) is 0.623. The van der Waals surface area contributed by atoms with E-state index in [0.29, 0.717) is 5.71 Å². The molecule has 7 heteroatoms. The highest BCUT2D eigenvalue weighted by Crippen LogP contribution is 2.34. The highest BCUT2D eigenvalue weighted by atomic mass is 16.6. The monoisotopic (exact) mass is 263 g/mol. The number of benzene rings is 1. The van der Waals surface area contributed by atoms with Gasteiger partial charge in [-0.05, 0) is 6.07 Å². The van der Waals surface area contributed by atoms with Gasteiger partial charge in [0.05, 0.1) is 10.6 Å². The fourth-order valence-electron chi connectivity index (χ4n) is 2.05. The zero-order chi connectivity index (χ0) is 14.2. The normalized spacial score (nSPS) is 17.6. The number of carbonyl (C=O) groups excluding carboxylic acids is 1. The van der Waals surface area contributed by atoms with Gasteiger partial charge in [0.2, 0.25) is 5.91 Å². The summed E-state index contributed by atoms with van der Waals surface area (Å²) in [6.07, 6.45) is 0.202. The number of hydrogen-bond acceptors (Lipinski definition) is 5.